The summed E-state index contributed by atoms with van der Waals surface area (Å²) in [5.41, 5.74) is 0.991. The molecule has 0 saturated carbocycles. The minimum atomic E-state index is -1.15. The van der Waals surface area contributed by atoms with E-state index in [0.29, 0.717) is 13.2 Å². The molecule has 1 aliphatic heterocycles. The zero-order chi connectivity index (χ0) is 13.0. The van der Waals surface area contributed by atoms with Gasteiger partial charge < -0.3 is 14.2 Å². The predicted molar refractivity (Wildman–Crippen MR) is 66.7 cm³/mol. The van der Waals surface area contributed by atoms with Crippen LogP contribution in [0.5, 0.6) is 5.75 Å². The van der Waals surface area contributed by atoms with E-state index >= 15 is 0 Å². The number of benzene rings is 1. The van der Waals surface area contributed by atoms with E-state index in [1.165, 1.54) is 0 Å². The van der Waals surface area contributed by atoms with E-state index in [9.17, 15) is 4.79 Å². The molecule has 0 amide bonds. The van der Waals surface area contributed by atoms with Crippen molar-refractivity contribution in [2.45, 2.75) is 25.0 Å². The third kappa shape index (κ3) is 2.40. The van der Waals surface area contributed by atoms with Crippen molar-refractivity contribution in [3.05, 3.63) is 29.8 Å². The van der Waals surface area contributed by atoms with Crippen LogP contribution in [0, 0.1) is 0 Å². The zero-order valence-corrected chi connectivity index (χ0v) is 10.7. The average Bonchev–Trinajstić information content (AvgIpc) is 2.47. The van der Waals surface area contributed by atoms with Crippen LogP contribution in [-0.2, 0) is 14.3 Å². The Kier molecular flexibility index (Phi) is 3.99. The second kappa shape index (κ2) is 5.50. The fourth-order valence-corrected chi connectivity index (χ4v) is 2.11. The van der Waals surface area contributed by atoms with Crippen molar-refractivity contribution >= 4 is 6.29 Å². The Hall–Kier alpha value is -1.39. The van der Waals surface area contributed by atoms with Crippen LogP contribution in [0.2, 0.25) is 0 Å². The first-order valence-corrected chi connectivity index (χ1v) is 6.10. The molecule has 18 heavy (non-hydrogen) atoms. The Morgan fingerprint density at radius 2 is 1.89 bits per heavy atom. The Balaban J connectivity index is 2.21. The van der Waals surface area contributed by atoms with Crippen molar-refractivity contribution in [1.29, 1.82) is 0 Å². The van der Waals surface area contributed by atoms with E-state index in [2.05, 4.69) is 0 Å². The number of hydrogen-bond donors (Lipinski definition) is 0. The molecule has 0 radical (unpaired) electrons. The normalized spacial score (nSPS) is 20.1. The molecule has 0 unspecified atom stereocenters. The average molecular weight is 250 g/mol. The van der Waals surface area contributed by atoms with Gasteiger partial charge in [0.2, 0.25) is 5.79 Å². The Bertz CT molecular complexity index is 393. The molecule has 0 aromatic heterocycles. The lowest BCUT2D eigenvalue weighted by Crippen LogP contribution is -2.46. The van der Waals surface area contributed by atoms with Gasteiger partial charge in [-0.2, -0.15) is 0 Å². The van der Waals surface area contributed by atoms with Crippen LogP contribution in [0.1, 0.15) is 24.8 Å². The van der Waals surface area contributed by atoms with Gasteiger partial charge in [0, 0.05) is 5.92 Å². The van der Waals surface area contributed by atoms with Gasteiger partial charge >= 0.3 is 0 Å². The number of carbonyl (C=O) groups excluding carboxylic acids is 1. The van der Waals surface area contributed by atoms with Crippen LogP contribution in [0.15, 0.2) is 24.3 Å². The summed E-state index contributed by atoms with van der Waals surface area (Å²) in [6.45, 7) is 3.04. The lowest BCUT2D eigenvalue weighted by atomic mass is 9.92. The molecule has 0 spiro atoms. The van der Waals surface area contributed by atoms with Crippen LogP contribution in [0.25, 0.3) is 0 Å². The van der Waals surface area contributed by atoms with E-state index < -0.39 is 5.79 Å². The number of aldehydes is 1. The van der Waals surface area contributed by atoms with Gasteiger partial charge in [-0.25, -0.2) is 0 Å². The van der Waals surface area contributed by atoms with Gasteiger partial charge in [-0.1, -0.05) is 19.1 Å². The maximum Gasteiger partial charge on any atom is 0.232 e. The maximum absolute atomic E-state index is 11.3. The molecular formula is C14H18O4. The van der Waals surface area contributed by atoms with E-state index in [0.717, 1.165) is 24.0 Å². The zero-order valence-electron chi connectivity index (χ0n) is 10.7. The van der Waals surface area contributed by atoms with Gasteiger partial charge in [0.05, 0.1) is 20.3 Å². The standard InChI is InChI=1S/C14H18O4/c1-11(12-4-6-13(16-2)7-5-12)14(10-15)17-8-3-9-18-14/h4-7,10-11H,3,8-9H2,1-2H3/t11-/m0/s1. The number of ether oxygens (including phenoxy) is 3. The molecule has 98 valence electrons. The van der Waals surface area contributed by atoms with Crippen LogP contribution in [0.3, 0.4) is 0 Å². The van der Waals surface area contributed by atoms with Gasteiger partial charge in [-0.05, 0) is 24.1 Å². The lowest BCUT2D eigenvalue weighted by molar-refractivity contribution is -0.253. The van der Waals surface area contributed by atoms with Gasteiger partial charge in [-0.3, -0.25) is 4.79 Å². The maximum atomic E-state index is 11.3. The summed E-state index contributed by atoms with van der Waals surface area (Å²) in [5, 5.41) is 0. The van der Waals surface area contributed by atoms with E-state index in [4.69, 9.17) is 14.2 Å². The molecule has 1 heterocycles. The topological polar surface area (TPSA) is 44.8 Å². The second-order valence-corrected chi connectivity index (χ2v) is 4.38. The van der Waals surface area contributed by atoms with Crippen molar-refractivity contribution < 1.29 is 19.0 Å². The number of methoxy groups -OCH3 is 1. The highest BCUT2D eigenvalue weighted by Crippen LogP contribution is 2.34. The third-order valence-corrected chi connectivity index (χ3v) is 3.33. The largest absolute Gasteiger partial charge is 0.497 e. The second-order valence-electron chi connectivity index (χ2n) is 4.38. The monoisotopic (exact) mass is 250 g/mol. The number of rotatable bonds is 4. The molecule has 4 nitrogen and oxygen atoms in total. The highest BCUT2D eigenvalue weighted by molar-refractivity contribution is 5.63. The Labute approximate surface area is 107 Å². The molecule has 1 aliphatic rings. The summed E-state index contributed by atoms with van der Waals surface area (Å²) in [7, 11) is 1.62. The highest BCUT2D eigenvalue weighted by atomic mass is 16.7. The first-order valence-electron chi connectivity index (χ1n) is 6.10. The van der Waals surface area contributed by atoms with E-state index in [1.54, 1.807) is 7.11 Å². The summed E-state index contributed by atoms with van der Waals surface area (Å²) < 4.78 is 16.2. The molecule has 1 aromatic carbocycles. The molecule has 1 atom stereocenters. The summed E-state index contributed by atoms with van der Waals surface area (Å²) >= 11 is 0. The first kappa shape index (κ1) is 13.1. The summed E-state index contributed by atoms with van der Waals surface area (Å²) in [4.78, 5) is 11.3. The van der Waals surface area contributed by atoms with E-state index in [1.807, 2.05) is 31.2 Å². The Morgan fingerprint density at radius 1 is 1.28 bits per heavy atom. The van der Waals surface area contributed by atoms with Crippen molar-refractivity contribution in [2.24, 2.45) is 0 Å². The van der Waals surface area contributed by atoms with Crippen LogP contribution in [-0.4, -0.2) is 32.4 Å². The molecule has 2 rings (SSSR count). The molecule has 0 aliphatic carbocycles. The third-order valence-electron chi connectivity index (χ3n) is 3.33. The van der Waals surface area contributed by atoms with Crippen LogP contribution in [0.4, 0.5) is 0 Å². The quantitative estimate of drug-likeness (QED) is 0.768. The SMILES string of the molecule is COc1ccc([C@H](C)C2(C=O)OCCCO2)cc1. The van der Waals surface area contributed by atoms with Gasteiger partial charge in [0.25, 0.3) is 0 Å². The number of hydrogen-bond acceptors (Lipinski definition) is 4. The summed E-state index contributed by atoms with van der Waals surface area (Å²) in [6, 6.07) is 7.59. The first-order chi connectivity index (χ1) is 8.72. The minimum Gasteiger partial charge on any atom is -0.497 e. The lowest BCUT2D eigenvalue weighted by Gasteiger charge is -2.37. The Morgan fingerprint density at radius 3 is 2.39 bits per heavy atom. The van der Waals surface area contributed by atoms with Crippen LogP contribution >= 0.6 is 0 Å². The highest BCUT2D eigenvalue weighted by Gasteiger charge is 2.41. The fraction of sp³-hybridized carbons (Fsp3) is 0.500. The summed E-state index contributed by atoms with van der Waals surface area (Å²) in [5.74, 6) is -0.509. The molecule has 0 bridgehead atoms. The van der Waals surface area contributed by atoms with Crippen molar-refractivity contribution in [2.75, 3.05) is 20.3 Å². The number of carbonyl (C=O) groups is 1. The molecule has 1 fully saturated rings. The molecule has 1 aromatic rings. The van der Waals surface area contributed by atoms with Gasteiger partial charge in [0.15, 0.2) is 6.29 Å². The van der Waals surface area contributed by atoms with E-state index in [-0.39, 0.29) is 5.92 Å². The van der Waals surface area contributed by atoms with Crippen LogP contribution < -0.4 is 4.74 Å². The van der Waals surface area contributed by atoms with Crippen molar-refractivity contribution in [1.82, 2.24) is 0 Å². The fourth-order valence-electron chi connectivity index (χ4n) is 2.11. The smallest absolute Gasteiger partial charge is 0.232 e. The van der Waals surface area contributed by atoms with Crippen molar-refractivity contribution in [3.8, 4) is 5.75 Å². The minimum absolute atomic E-state index is 0.152. The predicted octanol–water partition coefficient (Wildman–Crippen LogP) is 2.13. The van der Waals surface area contributed by atoms with Crippen molar-refractivity contribution in [3.63, 3.8) is 0 Å². The molecule has 0 N–H and O–H groups in total. The molecule has 4 heteroatoms. The summed E-state index contributed by atoms with van der Waals surface area (Å²) in [6.07, 6.45) is 1.59. The van der Waals surface area contributed by atoms with Gasteiger partial charge in [0.1, 0.15) is 5.75 Å². The van der Waals surface area contributed by atoms with Gasteiger partial charge in [-0.15, -0.1) is 0 Å². The molecule has 1 saturated heterocycles. The molecular weight excluding hydrogens is 232 g/mol.